The highest BCUT2D eigenvalue weighted by molar-refractivity contribution is 5.91. The zero-order chi connectivity index (χ0) is 13.3. The number of aromatic nitrogens is 2. The van der Waals surface area contributed by atoms with Gasteiger partial charge in [0, 0.05) is 18.9 Å². The number of nitrogens with zero attached hydrogens (tertiary/aromatic N) is 3. The molecule has 0 bridgehead atoms. The molecule has 1 aliphatic rings. The Kier molecular flexibility index (Phi) is 5.75. The van der Waals surface area contributed by atoms with E-state index < -0.39 is 0 Å². The molecular formula is C14H22N4O. The average molecular weight is 262 g/mol. The van der Waals surface area contributed by atoms with Crippen molar-refractivity contribution in [2.75, 3.05) is 26.2 Å². The second-order valence-corrected chi connectivity index (χ2v) is 4.96. The lowest BCUT2D eigenvalue weighted by Crippen LogP contribution is -2.31. The summed E-state index contributed by atoms with van der Waals surface area (Å²) in [5.41, 5.74) is 0.386. The number of rotatable bonds is 5. The summed E-state index contributed by atoms with van der Waals surface area (Å²) in [5, 5.41) is 2.89. The van der Waals surface area contributed by atoms with Crippen LogP contribution in [-0.2, 0) is 0 Å². The predicted octanol–water partition coefficient (Wildman–Crippen LogP) is 1.47. The number of nitrogens with one attached hydrogen (secondary N) is 1. The van der Waals surface area contributed by atoms with E-state index in [9.17, 15) is 4.79 Å². The molecule has 0 saturated carbocycles. The van der Waals surface area contributed by atoms with Gasteiger partial charge in [0.1, 0.15) is 5.69 Å². The normalized spacial score (nSPS) is 16.8. The summed E-state index contributed by atoms with van der Waals surface area (Å²) in [7, 11) is 0. The van der Waals surface area contributed by atoms with Gasteiger partial charge in [0.2, 0.25) is 0 Å². The average Bonchev–Trinajstić information content (AvgIpc) is 2.73. The Morgan fingerprint density at radius 2 is 2.00 bits per heavy atom. The quantitative estimate of drug-likeness (QED) is 0.816. The van der Waals surface area contributed by atoms with Crippen molar-refractivity contribution in [3.05, 3.63) is 24.3 Å². The first-order chi connectivity index (χ1) is 9.36. The Balaban J connectivity index is 1.62. The first-order valence-electron chi connectivity index (χ1n) is 7.13. The van der Waals surface area contributed by atoms with Crippen LogP contribution in [0.15, 0.2) is 18.6 Å². The maximum atomic E-state index is 11.7. The number of hydrogen-bond acceptors (Lipinski definition) is 4. The lowest BCUT2D eigenvalue weighted by Gasteiger charge is -2.19. The van der Waals surface area contributed by atoms with Crippen LogP contribution >= 0.6 is 0 Å². The van der Waals surface area contributed by atoms with E-state index in [1.54, 1.807) is 6.20 Å². The molecule has 0 atom stereocenters. The minimum atomic E-state index is -0.135. The molecule has 1 fully saturated rings. The van der Waals surface area contributed by atoms with Crippen LogP contribution in [0.2, 0.25) is 0 Å². The van der Waals surface area contributed by atoms with Crippen LogP contribution in [0.5, 0.6) is 0 Å². The van der Waals surface area contributed by atoms with E-state index in [0.29, 0.717) is 12.2 Å². The molecule has 0 spiro atoms. The van der Waals surface area contributed by atoms with Crippen molar-refractivity contribution in [1.82, 2.24) is 20.2 Å². The molecule has 104 valence electrons. The Morgan fingerprint density at radius 3 is 2.68 bits per heavy atom. The van der Waals surface area contributed by atoms with Gasteiger partial charge in [0.05, 0.1) is 6.20 Å². The molecule has 0 aliphatic carbocycles. The molecule has 0 aromatic carbocycles. The maximum Gasteiger partial charge on any atom is 0.271 e. The van der Waals surface area contributed by atoms with Crippen molar-refractivity contribution in [3.63, 3.8) is 0 Å². The van der Waals surface area contributed by atoms with Gasteiger partial charge in [-0.15, -0.1) is 0 Å². The van der Waals surface area contributed by atoms with Crippen molar-refractivity contribution in [1.29, 1.82) is 0 Å². The van der Waals surface area contributed by atoms with Gasteiger partial charge in [0.15, 0.2) is 0 Å². The standard InChI is InChI=1S/C14H22N4O/c19-14(13-12-15-7-8-16-13)17-6-5-11-18-9-3-1-2-4-10-18/h7-8,12H,1-6,9-11H2,(H,17,19). The van der Waals surface area contributed by atoms with Gasteiger partial charge in [-0.3, -0.25) is 9.78 Å². The van der Waals surface area contributed by atoms with Gasteiger partial charge >= 0.3 is 0 Å². The summed E-state index contributed by atoms with van der Waals surface area (Å²) >= 11 is 0. The molecule has 5 nitrogen and oxygen atoms in total. The number of carbonyl (C=O) groups excluding carboxylic acids is 1. The fraction of sp³-hybridized carbons (Fsp3) is 0.643. The minimum Gasteiger partial charge on any atom is -0.351 e. The van der Waals surface area contributed by atoms with Crippen LogP contribution in [0, 0.1) is 0 Å². The van der Waals surface area contributed by atoms with E-state index in [0.717, 1.165) is 13.0 Å². The first-order valence-corrected chi connectivity index (χ1v) is 7.13. The Hall–Kier alpha value is -1.49. The highest BCUT2D eigenvalue weighted by Gasteiger charge is 2.09. The minimum absolute atomic E-state index is 0.135. The van der Waals surface area contributed by atoms with Crippen molar-refractivity contribution in [2.45, 2.75) is 32.1 Å². The maximum absolute atomic E-state index is 11.7. The Labute approximate surface area is 114 Å². The van der Waals surface area contributed by atoms with Crippen LogP contribution in [0.1, 0.15) is 42.6 Å². The topological polar surface area (TPSA) is 58.1 Å². The number of likely N-dealkylation sites (tertiary alicyclic amines) is 1. The number of hydrogen-bond donors (Lipinski definition) is 1. The summed E-state index contributed by atoms with van der Waals surface area (Å²) in [6, 6.07) is 0. The van der Waals surface area contributed by atoms with Crippen molar-refractivity contribution >= 4 is 5.91 Å². The smallest absolute Gasteiger partial charge is 0.271 e. The van der Waals surface area contributed by atoms with Gasteiger partial charge < -0.3 is 10.2 Å². The van der Waals surface area contributed by atoms with Crippen molar-refractivity contribution in [2.24, 2.45) is 0 Å². The second-order valence-electron chi connectivity index (χ2n) is 4.96. The zero-order valence-electron chi connectivity index (χ0n) is 11.3. The highest BCUT2D eigenvalue weighted by Crippen LogP contribution is 2.09. The van der Waals surface area contributed by atoms with E-state index in [1.165, 1.54) is 51.2 Å². The van der Waals surface area contributed by atoms with Crippen molar-refractivity contribution < 1.29 is 4.79 Å². The second kappa shape index (κ2) is 7.84. The van der Waals surface area contributed by atoms with Gasteiger partial charge in [-0.2, -0.15) is 0 Å². The van der Waals surface area contributed by atoms with Crippen LogP contribution in [0.4, 0.5) is 0 Å². The summed E-state index contributed by atoms with van der Waals surface area (Å²) in [4.78, 5) is 22.1. The molecular weight excluding hydrogens is 240 g/mol. The van der Waals surface area contributed by atoms with Crippen LogP contribution < -0.4 is 5.32 Å². The Morgan fingerprint density at radius 1 is 1.21 bits per heavy atom. The summed E-state index contributed by atoms with van der Waals surface area (Å²) in [6.45, 7) is 4.18. The van der Waals surface area contributed by atoms with Gasteiger partial charge in [-0.1, -0.05) is 12.8 Å². The molecule has 1 aromatic rings. The summed E-state index contributed by atoms with van der Waals surface area (Å²) in [6.07, 6.45) is 10.9. The third-order valence-electron chi connectivity index (χ3n) is 3.43. The fourth-order valence-electron chi connectivity index (χ4n) is 2.37. The predicted molar refractivity (Wildman–Crippen MR) is 73.9 cm³/mol. The third-order valence-corrected chi connectivity index (χ3v) is 3.43. The summed E-state index contributed by atoms with van der Waals surface area (Å²) < 4.78 is 0. The van der Waals surface area contributed by atoms with E-state index >= 15 is 0 Å². The zero-order valence-corrected chi connectivity index (χ0v) is 11.3. The van der Waals surface area contributed by atoms with Gasteiger partial charge in [-0.25, -0.2) is 4.98 Å². The van der Waals surface area contributed by atoms with E-state index in [4.69, 9.17) is 0 Å². The molecule has 1 amide bonds. The first kappa shape index (κ1) is 13.9. The van der Waals surface area contributed by atoms with E-state index in [2.05, 4.69) is 20.2 Å². The number of amides is 1. The van der Waals surface area contributed by atoms with Gasteiger partial charge in [0.25, 0.3) is 5.91 Å². The molecule has 1 aliphatic heterocycles. The monoisotopic (exact) mass is 262 g/mol. The molecule has 0 radical (unpaired) electrons. The third kappa shape index (κ3) is 4.95. The lowest BCUT2D eigenvalue weighted by molar-refractivity contribution is 0.0946. The van der Waals surface area contributed by atoms with Crippen LogP contribution in [0.25, 0.3) is 0 Å². The molecule has 1 N–H and O–H groups in total. The lowest BCUT2D eigenvalue weighted by atomic mass is 10.2. The molecule has 2 rings (SSSR count). The highest BCUT2D eigenvalue weighted by atomic mass is 16.1. The van der Waals surface area contributed by atoms with E-state index in [-0.39, 0.29) is 5.91 Å². The fourth-order valence-corrected chi connectivity index (χ4v) is 2.37. The SMILES string of the molecule is O=C(NCCCN1CCCCCC1)c1cnccn1. The van der Waals surface area contributed by atoms with Crippen molar-refractivity contribution in [3.8, 4) is 0 Å². The Bertz CT molecular complexity index is 374. The van der Waals surface area contributed by atoms with E-state index in [1.807, 2.05) is 0 Å². The largest absolute Gasteiger partial charge is 0.351 e. The van der Waals surface area contributed by atoms with Gasteiger partial charge in [-0.05, 0) is 38.9 Å². The molecule has 2 heterocycles. The number of carbonyl (C=O) groups is 1. The van der Waals surface area contributed by atoms with Crippen LogP contribution in [-0.4, -0.2) is 47.0 Å². The molecule has 0 unspecified atom stereocenters. The molecule has 1 saturated heterocycles. The molecule has 1 aromatic heterocycles. The molecule has 5 heteroatoms. The van der Waals surface area contributed by atoms with Crippen LogP contribution in [0.3, 0.4) is 0 Å². The summed E-state index contributed by atoms with van der Waals surface area (Å²) in [5.74, 6) is -0.135. The molecule has 19 heavy (non-hydrogen) atoms.